The summed E-state index contributed by atoms with van der Waals surface area (Å²) in [6.07, 6.45) is 0.806. The van der Waals surface area contributed by atoms with Gasteiger partial charge in [-0.1, -0.05) is 0 Å². The van der Waals surface area contributed by atoms with Crippen LogP contribution in [0.2, 0.25) is 10.6 Å². The zero-order chi connectivity index (χ0) is 13.6. The second-order valence-corrected chi connectivity index (χ2v) is 8.33. The molecule has 0 rings (SSSR count). The van der Waals surface area contributed by atoms with Gasteiger partial charge in [0.1, 0.15) is 0 Å². The molecule has 1 N–H and O–H groups in total. The number of hydrogen-bond donors (Lipinski definition) is 1. The normalized spacial score (nSPS) is 17.5. The number of carboxylic acid groups (broad SMARTS) is 1. The fourth-order valence-electron chi connectivity index (χ4n) is 1.55. The van der Waals surface area contributed by atoms with E-state index < -0.39 is 5.97 Å². The SMILES string of the molecule is CC(Cl)CC([CH2][Cr][CH2]C(C)(C)C)C(C)C(=O)O. The van der Waals surface area contributed by atoms with Crippen LogP contribution in [0.1, 0.15) is 41.0 Å². The second-order valence-electron chi connectivity index (χ2n) is 5.98. The molecule has 0 bridgehead atoms. The third-order valence-corrected chi connectivity index (χ3v) is 5.48. The summed E-state index contributed by atoms with van der Waals surface area (Å²) in [4.78, 5) is 11.0. The van der Waals surface area contributed by atoms with E-state index >= 15 is 0 Å². The number of alkyl halides is 1. The molecule has 0 aromatic rings. The van der Waals surface area contributed by atoms with Gasteiger partial charge in [0.2, 0.25) is 0 Å². The van der Waals surface area contributed by atoms with E-state index in [2.05, 4.69) is 20.8 Å². The Balaban J connectivity index is 4.25. The second kappa shape index (κ2) is 7.67. The quantitative estimate of drug-likeness (QED) is 0.712. The molecule has 0 amide bonds. The van der Waals surface area contributed by atoms with Gasteiger partial charge in [0.15, 0.2) is 0 Å². The van der Waals surface area contributed by atoms with Crippen molar-refractivity contribution >= 4 is 17.6 Å². The standard InChI is InChI=1S/C8H14ClO2.C5H11.Cr/c1-5(4-6(2)9)7(3)8(10)11;1-5(2,3)4;/h5-7H,1,4H2,2-3H3,(H,10,11);1H2,2-4H3;. The van der Waals surface area contributed by atoms with Crippen LogP contribution in [-0.4, -0.2) is 16.5 Å². The van der Waals surface area contributed by atoms with E-state index in [1.165, 1.54) is 5.28 Å². The monoisotopic (exact) mass is 300 g/mol. The molecule has 0 aliphatic heterocycles. The van der Waals surface area contributed by atoms with Crippen LogP contribution in [0.5, 0.6) is 0 Å². The molecule has 0 radical (unpaired) electrons. The van der Waals surface area contributed by atoms with Crippen molar-refractivity contribution in [2.24, 2.45) is 17.3 Å². The Bertz CT molecular complexity index is 236. The van der Waals surface area contributed by atoms with Crippen LogP contribution in [0.4, 0.5) is 0 Å². The van der Waals surface area contributed by atoms with E-state index in [-0.39, 0.29) is 17.2 Å². The first-order chi connectivity index (χ1) is 7.63. The zero-order valence-electron chi connectivity index (χ0n) is 11.5. The van der Waals surface area contributed by atoms with Gasteiger partial charge >= 0.3 is 117 Å². The molecule has 17 heavy (non-hydrogen) atoms. The van der Waals surface area contributed by atoms with E-state index in [0.717, 1.165) is 11.7 Å². The number of carbonyl (C=O) groups is 1. The Morgan fingerprint density at radius 1 is 1.35 bits per heavy atom. The molecule has 0 aliphatic rings. The molecule has 0 aliphatic carbocycles. The van der Waals surface area contributed by atoms with Gasteiger partial charge in [-0.2, -0.15) is 0 Å². The van der Waals surface area contributed by atoms with Crippen LogP contribution >= 0.6 is 11.6 Å². The van der Waals surface area contributed by atoms with Gasteiger partial charge in [-0.25, -0.2) is 0 Å². The molecule has 3 atom stereocenters. The minimum absolute atomic E-state index is 0.0623. The van der Waals surface area contributed by atoms with Crippen LogP contribution in [0, 0.1) is 17.3 Å². The predicted octanol–water partition coefficient (Wildman–Crippen LogP) is 4.31. The Kier molecular flexibility index (Phi) is 7.80. The maximum absolute atomic E-state index is 11.0. The third-order valence-electron chi connectivity index (χ3n) is 2.59. The van der Waals surface area contributed by atoms with Crippen molar-refractivity contribution in [3.05, 3.63) is 0 Å². The van der Waals surface area contributed by atoms with E-state index in [9.17, 15) is 4.79 Å². The van der Waals surface area contributed by atoms with Crippen molar-refractivity contribution in [2.45, 2.75) is 57.0 Å². The summed E-state index contributed by atoms with van der Waals surface area (Å²) in [6.45, 7) is 10.4. The van der Waals surface area contributed by atoms with E-state index in [1.807, 2.05) is 6.92 Å². The van der Waals surface area contributed by atoms with Gasteiger partial charge in [-0.15, -0.1) is 0 Å². The van der Waals surface area contributed by atoms with Gasteiger partial charge in [-0.3, -0.25) is 0 Å². The fourth-order valence-corrected chi connectivity index (χ4v) is 4.06. The summed E-state index contributed by atoms with van der Waals surface area (Å²) in [7, 11) is 0. The van der Waals surface area contributed by atoms with Crippen molar-refractivity contribution in [1.82, 2.24) is 0 Å². The number of halogens is 1. The molecule has 2 nitrogen and oxygen atoms in total. The van der Waals surface area contributed by atoms with Crippen LogP contribution < -0.4 is 0 Å². The number of hydrogen-bond acceptors (Lipinski definition) is 1. The number of aliphatic carboxylic acids is 1. The van der Waals surface area contributed by atoms with Gasteiger partial charge in [0, 0.05) is 0 Å². The van der Waals surface area contributed by atoms with Crippen LogP contribution in [0.25, 0.3) is 0 Å². The topological polar surface area (TPSA) is 37.3 Å². The summed E-state index contributed by atoms with van der Waals surface area (Å²) in [5.41, 5.74) is 0.351. The summed E-state index contributed by atoms with van der Waals surface area (Å²) < 4.78 is 0. The molecule has 0 saturated carbocycles. The summed E-state index contributed by atoms with van der Waals surface area (Å²) >= 11 is 6.52. The Labute approximate surface area is 117 Å². The van der Waals surface area contributed by atoms with Crippen LogP contribution in [0.3, 0.4) is 0 Å². The van der Waals surface area contributed by atoms with Gasteiger partial charge in [0.25, 0.3) is 0 Å². The van der Waals surface area contributed by atoms with E-state index in [0.29, 0.717) is 20.6 Å². The number of carboxylic acids is 1. The average molecular weight is 301 g/mol. The van der Waals surface area contributed by atoms with Gasteiger partial charge in [-0.05, 0) is 0 Å². The van der Waals surface area contributed by atoms with Crippen LogP contribution in [-0.2, 0) is 20.0 Å². The fraction of sp³-hybridized carbons (Fsp3) is 0.923. The summed E-state index contributed by atoms with van der Waals surface area (Å²) in [5.74, 6) is -0.751. The first-order valence-corrected chi connectivity index (χ1v) is 8.32. The van der Waals surface area contributed by atoms with Crippen molar-refractivity contribution in [3.8, 4) is 0 Å². The predicted molar refractivity (Wildman–Crippen MR) is 69.3 cm³/mol. The molecule has 102 valence electrons. The minimum atomic E-state index is -0.695. The molecular weight excluding hydrogens is 276 g/mol. The first kappa shape index (κ1) is 17.3. The summed E-state index contributed by atoms with van der Waals surface area (Å²) in [5, 5.41) is 11.4. The molecule has 0 fully saturated rings. The van der Waals surface area contributed by atoms with E-state index in [4.69, 9.17) is 16.7 Å². The molecule has 0 aromatic heterocycles. The molecule has 0 aromatic carbocycles. The molecule has 0 spiro atoms. The Hall–Kier alpha value is 0.292. The van der Waals surface area contributed by atoms with Gasteiger partial charge in [0.05, 0.1) is 0 Å². The molecule has 0 heterocycles. The third kappa shape index (κ3) is 8.94. The van der Waals surface area contributed by atoms with E-state index in [1.54, 1.807) is 6.92 Å². The van der Waals surface area contributed by atoms with Crippen molar-refractivity contribution < 1.29 is 25.1 Å². The number of rotatable bonds is 7. The zero-order valence-corrected chi connectivity index (χ0v) is 13.5. The van der Waals surface area contributed by atoms with Crippen LogP contribution in [0.15, 0.2) is 0 Å². The molecule has 0 saturated heterocycles. The summed E-state index contributed by atoms with van der Waals surface area (Å²) in [6, 6.07) is 0. The molecular formula is C13H25ClCrO2. The Morgan fingerprint density at radius 3 is 2.24 bits per heavy atom. The molecule has 3 unspecified atom stereocenters. The van der Waals surface area contributed by atoms with Crippen molar-refractivity contribution in [1.29, 1.82) is 0 Å². The average Bonchev–Trinajstić information content (AvgIpc) is 2.12. The Morgan fingerprint density at radius 2 is 1.88 bits per heavy atom. The van der Waals surface area contributed by atoms with Crippen molar-refractivity contribution in [2.75, 3.05) is 0 Å². The van der Waals surface area contributed by atoms with Crippen molar-refractivity contribution in [3.63, 3.8) is 0 Å². The first-order valence-electron chi connectivity index (χ1n) is 6.08. The van der Waals surface area contributed by atoms with Gasteiger partial charge < -0.3 is 0 Å². The maximum atomic E-state index is 11.0. The molecule has 4 heteroatoms.